The molecule has 2 heterocycles. The predicted molar refractivity (Wildman–Crippen MR) is 244 cm³/mol. The first-order valence-electron chi connectivity index (χ1n) is 19.1. The van der Waals surface area contributed by atoms with Crippen LogP contribution in [-0.2, 0) is 6.54 Å². The molecule has 5 heteroatoms. The van der Waals surface area contributed by atoms with Crippen molar-refractivity contribution in [2.24, 2.45) is 15.0 Å². The lowest BCUT2D eigenvalue weighted by atomic mass is 10.0. The second kappa shape index (κ2) is 14.8. The number of nitrogens with zero attached hydrogens (tertiary/aromatic N) is 4. The molecule has 0 radical (unpaired) electrons. The maximum atomic E-state index is 5.11. The van der Waals surface area contributed by atoms with Crippen molar-refractivity contribution in [3.8, 4) is 27.9 Å². The van der Waals surface area contributed by atoms with Crippen LogP contribution in [0.25, 0.3) is 69.9 Å². The van der Waals surface area contributed by atoms with E-state index in [1.807, 2.05) is 35.6 Å². The number of hydrogen-bond acceptors (Lipinski definition) is 2. The first-order chi connectivity index (χ1) is 28.2. The van der Waals surface area contributed by atoms with E-state index in [2.05, 4.69) is 186 Å². The van der Waals surface area contributed by atoms with Crippen molar-refractivity contribution in [3.05, 3.63) is 211 Å². The minimum absolute atomic E-state index is 0.478. The minimum Gasteiger partial charge on any atom is -0.309 e. The molecule has 0 fully saturated rings. The van der Waals surface area contributed by atoms with Crippen LogP contribution in [0, 0.1) is 0 Å². The summed E-state index contributed by atoms with van der Waals surface area (Å²) in [5.41, 5.74) is 10.9. The van der Waals surface area contributed by atoms with Crippen molar-refractivity contribution >= 4 is 71.7 Å². The van der Waals surface area contributed by atoms with Crippen LogP contribution in [-0.4, -0.2) is 23.0 Å². The van der Waals surface area contributed by atoms with Gasteiger partial charge in [-0.2, -0.15) is 0 Å². The molecule has 2 aromatic heterocycles. The molecule has 270 valence electrons. The van der Waals surface area contributed by atoms with Gasteiger partial charge in [-0.3, -0.25) is 4.99 Å². The van der Waals surface area contributed by atoms with Gasteiger partial charge in [-0.1, -0.05) is 158 Å². The summed E-state index contributed by atoms with van der Waals surface area (Å²) in [5, 5.41) is 5.03. The largest absolute Gasteiger partial charge is 0.309 e. The Balaban J connectivity index is 1.08. The molecular formula is C52H36N4S. The lowest BCUT2D eigenvalue weighted by Gasteiger charge is -2.12. The molecule has 0 atom stereocenters. The number of para-hydroxylation sites is 1. The zero-order chi connectivity index (χ0) is 38.1. The van der Waals surface area contributed by atoms with Crippen molar-refractivity contribution in [1.29, 1.82) is 0 Å². The average Bonchev–Trinajstić information content (AvgIpc) is 3.83. The minimum atomic E-state index is 0.478. The summed E-state index contributed by atoms with van der Waals surface area (Å²) < 4.78 is 4.98. The van der Waals surface area contributed by atoms with Crippen LogP contribution < -0.4 is 0 Å². The van der Waals surface area contributed by atoms with Crippen LogP contribution in [0.15, 0.2) is 209 Å². The van der Waals surface area contributed by atoms with Gasteiger partial charge in [0.1, 0.15) is 0 Å². The highest BCUT2D eigenvalue weighted by atomic mass is 32.1. The Kier molecular flexibility index (Phi) is 8.90. The third-order valence-corrected chi connectivity index (χ3v) is 11.8. The molecule has 0 spiro atoms. The van der Waals surface area contributed by atoms with Gasteiger partial charge in [0.05, 0.1) is 17.6 Å². The van der Waals surface area contributed by atoms with E-state index in [0.29, 0.717) is 18.2 Å². The second-order valence-electron chi connectivity index (χ2n) is 14.1. The second-order valence-corrected chi connectivity index (χ2v) is 15.1. The molecule has 0 unspecified atom stereocenters. The number of aromatic nitrogens is 1. The van der Waals surface area contributed by atoms with Gasteiger partial charge in [-0.15, -0.1) is 11.3 Å². The van der Waals surface area contributed by atoms with Gasteiger partial charge in [0, 0.05) is 47.8 Å². The molecule has 10 aromatic rings. The normalized spacial score (nSPS) is 12.2. The standard InChI is InChI=1S/C52H36N4S/c1-53-51(38-28-26-37(27-29-38)36-16-6-3-7-17-36)55-52(54-34-35-14-4-2-5-15-35)40-18-12-19-41(32-40)56-47-24-10-8-20-43(47)46-33-39(30-31-48(46)56)42-22-13-23-45-44-21-9-11-25-49(44)57-50(42)45/h2-33H,1,34H2/b54-52-,55-51-. The molecule has 0 N–H and O–H groups in total. The molecule has 10 rings (SSSR count). The number of aliphatic imine (C=N–C) groups is 3. The zero-order valence-electron chi connectivity index (χ0n) is 31.1. The lowest BCUT2D eigenvalue weighted by molar-refractivity contribution is 1.06. The quantitative estimate of drug-likeness (QED) is 0.115. The van der Waals surface area contributed by atoms with Gasteiger partial charge < -0.3 is 4.57 Å². The van der Waals surface area contributed by atoms with E-state index in [1.54, 1.807) is 0 Å². The van der Waals surface area contributed by atoms with Gasteiger partial charge in [0.2, 0.25) is 0 Å². The zero-order valence-corrected chi connectivity index (χ0v) is 31.9. The van der Waals surface area contributed by atoms with E-state index in [0.717, 1.165) is 44.5 Å². The Labute approximate surface area is 335 Å². The van der Waals surface area contributed by atoms with Crippen molar-refractivity contribution in [2.75, 3.05) is 0 Å². The predicted octanol–water partition coefficient (Wildman–Crippen LogP) is 13.6. The summed E-state index contributed by atoms with van der Waals surface area (Å²) in [6, 6.07) is 68.4. The van der Waals surface area contributed by atoms with Crippen molar-refractivity contribution in [3.63, 3.8) is 0 Å². The van der Waals surface area contributed by atoms with Gasteiger partial charge in [0.25, 0.3) is 0 Å². The topological polar surface area (TPSA) is 42.0 Å². The van der Waals surface area contributed by atoms with E-state index in [-0.39, 0.29) is 0 Å². The van der Waals surface area contributed by atoms with Crippen molar-refractivity contribution < 1.29 is 0 Å². The van der Waals surface area contributed by atoms with Crippen LogP contribution in [0.5, 0.6) is 0 Å². The van der Waals surface area contributed by atoms with Crippen LogP contribution in [0.2, 0.25) is 0 Å². The van der Waals surface area contributed by atoms with E-state index in [9.17, 15) is 0 Å². The molecule has 57 heavy (non-hydrogen) atoms. The highest BCUT2D eigenvalue weighted by Crippen LogP contribution is 2.42. The molecule has 0 bridgehead atoms. The molecule has 0 aliphatic rings. The summed E-state index contributed by atoms with van der Waals surface area (Å²) in [6.07, 6.45) is 0. The molecular weight excluding hydrogens is 713 g/mol. The Hall–Kier alpha value is -7.21. The Morgan fingerprint density at radius 3 is 1.98 bits per heavy atom. The Morgan fingerprint density at radius 2 is 1.16 bits per heavy atom. The van der Waals surface area contributed by atoms with Gasteiger partial charge in [-0.25, -0.2) is 9.98 Å². The molecule has 0 amide bonds. The summed E-state index contributed by atoms with van der Waals surface area (Å²) >= 11 is 1.87. The van der Waals surface area contributed by atoms with Crippen molar-refractivity contribution in [2.45, 2.75) is 6.54 Å². The van der Waals surface area contributed by atoms with Crippen LogP contribution in [0.1, 0.15) is 16.7 Å². The van der Waals surface area contributed by atoms with E-state index in [1.165, 1.54) is 42.1 Å². The fourth-order valence-electron chi connectivity index (χ4n) is 7.85. The average molecular weight is 749 g/mol. The first-order valence-corrected chi connectivity index (χ1v) is 19.9. The number of rotatable bonds is 7. The maximum absolute atomic E-state index is 5.11. The summed E-state index contributed by atoms with van der Waals surface area (Å²) in [6.45, 7) is 4.40. The number of thiophene rings is 1. The molecule has 0 saturated carbocycles. The summed E-state index contributed by atoms with van der Waals surface area (Å²) in [4.78, 5) is 14.6. The third-order valence-electron chi connectivity index (χ3n) is 10.6. The Bertz CT molecular complexity index is 3150. The van der Waals surface area contributed by atoms with E-state index < -0.39 is 0 Å². The summed E-state index contributed by atoms with van der Waals surface area (Å²) in [5.74, 6) is 1.11. The van der Waals surface area contributed by atoms with Crippen LogP contribution in [0.4, 0.5) is 0 Å². The van der Waals surface area contributed by atoms with Crippen LogP contribution in [0.3, 0.4) is 0 Å². The highest BCUT2D eigenvalue weighted by molar-refractivity contribution is 7.26. The SMILES string of the molecule is C=N/C(=N\C(=N/Cc1ccccc1)c1cccc(-n2c3ccccc3c3cc(-c4cccc5c4sc4ccccc45)ccc32)c1)c1ccc(-c2ccccc2)cc1. The van der Waals surface area contributed by atoms with Gasteiger partial charge in [0.15, 0.2) is 11.7 Å². The van der Waals surface area contributed by atoms with Gasteiger partial charge >= 0.3 is 0 Å². The van der Waals surface area contributed by atoms with E-state index >= 15 is 0 Å². The lowest BCUT2D eigenvalue weighted by Crippen LogP contribution is -2.06. The fourth-order valence-corrected chi connectivity index (χ4v) is 9.09. The molecule has 0 aliphatic heterocycles. The first kappa shape index (κ1) is 34.3. The van der Waals surface area contributed by atoms with Crippen molar-refractivity contribution in [1.82, 2.24) is 4.57 Å². The third kappa shape index (κ3) is 6.44. The number of benzene rings is 8. The smallest absolute Gasteiger partial charge is 0.161 e. The van der Waals surface area contributed by atoms with Crippen LogP contribution >= 0.6 is 11.3 Å². The number of hydrogen-bond donors (Lipinski definition) is 0. The molecule has 4 nitrogen and oxygen atoms in total. The molecule has 0 aliphatic carbocycles. The molecule has 0 saturated heterocycles. The number of fused-ring (bicyclic) bond motifs is 6. The fraction of sp³-hybridized carbons (Fsp3) is 0.0192. The summed E-state index contributed by atoms with van der Waals surface area (Å²) in [7, 11) is 0. The maximum Gasteiger partial charge on any atom is 0.161 e. The van der Waals surface area contributed by atoms with E-state index in [4.69, 9.17) is 9.98 Å². The Morgan fingerprint density at radius 1 is 0.491 bits per heavy atom. The molecule has 8 aromatic carbocycles. The highest BCUT2D eigenvalue weighted by Gasteiger charge is 2.17. The number of amidine groups is 2. The van der Waals surface area contributed by atoms with Gasteiger partial charge in [-0.05, 0) is 70.9 Å². The monoisotopic (exact) mass is 748 g/mol.